The number of carbonyl (C=O) groups is 1. The van der Waals surface area contributed by atoms with Crippen LogP contribution in [0.15, 0.2) is 48.7 Å². The molecule has 8 heteroatoms. The van der Waals surface area contributed by atoms with Gasteiger partial charge in [-0.1, -0.05) is 30.3 Å². The second-order valence-electron chi connectivity index (χ2n) is 7.58. The maximum absolute atomic E-state index is 12.5. The van der Waals surface area contributed by atoms with E-state index in [-0.39, 0.29) is 18.0 Å². The maximum Gasteiger partial charge on any atom is 0.253 e. The molecule has 1 aromatic carbocycles. The SMILES string of the molecule is CN(C)c1ccc(C(=O)NC2CCC(n3nnc(-c4ccccc4)n3)CC2)cn1. The summed E-state index contributed by atoms with van der Waals surface area (Å²) in [5, 5.41) is 16.1. The summed E-state index contributed by atoms with van der Waals surface area (Å²) in [6.07, 6.45) is 5.23. The lowest BCUT2D eigenvalue weighted by Crippen LogP contribution is -2.38. The van der Waals surface area contributed by atoms with E-state index in [0.717, 1.165) is 37.1 Å². The number of benzene rings is 1. The Morgan fingerprint density at radius 1 is 1.07 bits per heavy atom. The van der Waals surface area contributed by atoms with Crippen LogP contribution in [-0.2, 0) is 0 Å². The molecule has 2 heterocycles. The molecule has 1 aliphatic rings. The molecule has 2 aromatic heterocycles. The lowest BCUT2D eigenvalue weighted by molar-refractivity contribution is 0.0920. The van der Waals surface area contributed by atoms with Crippen LogP contribution in [0.1, 0.15) is 42.1 Å². The van der Waals surface area contributed by atoms with Crippen molar-refractivity contribution >= 4 is 11.7 Å². The highest BCUT2D eigenvalue weighted by Crippen LogP contribution is 2.28. The summed E-state index contributed by atoms with van der Waals surface area (Å²) < 4.78 is 0. The molecule has 29 heavy (non-hydrogen) atoms. The number of nitrogens with zero attached hydrogens (tertiary/aromatic N) is 6. The van der Waals surface area contributed by atoms with Crippen LogP contribution >= 0.6 is 0 Å². The fourth-order valence-corrected chi connectivity index (χ4v) is 3.59. The van der Waals surface area contributed by atoms with Gasteiger partial charge >= 0.3 is 0 Å². The summed E-state index contributed by atoms with van der Waals surface area (Å²) in [4.78, 5) is 20.4. The van der Waals surface area contributed by atoms with Gasteiger partial charge in [0.1, 0.15) is 5.82 Å². The van der Waals surface area contributed by atoms with Crippen LogP contribution in [0.25, 0.3) is 11.4 Å². The molecule has 0 aliphatic heterocycles. The van der Waals surface area contributed by atoms with Crippen LogP contribution in [0.5, 0.6) is 0 Å². The van der Waals surface area contributed by atoms with Gasteiger partial charge in [-0.25, -0.2) is 4.98 Å². The summed E-state index contributed by atoms with van der Waals surface area (Å²) >= 11 is 0. The molecule has 0 unspecified atom stereocenters. The number of aromatic nitrogens is 5. The third-order valence-corrected chi connectivity index (χ3v) is 5.29. The van der Waals surface area contributed by atoms with E-state index in [1.807, 2.05) is 61.5 Å². The first-order valence-corrected chi connectivity index (χ1v) is 9.89. The molecule has 3 aromatic rings. The summed E-state index contributed by atoms with van der Waals surface area (Å²) in [5.41, 5.74) is 1.55. The Hall–Kier alpha value is -3.29. The van der Waals surface area contributed by atoms with Gasteiger partial charge in [0.25, 0.3) is 5.91 Å². The first-order chi connectivity index (χ1) is 14.1. The molecule has 8 nitrogen and oxygen atoms in total. The van der Waals surface area contributed by atoms with E-state index in [2.05, 4.69) is 25.7 Å². The second-order valence-corrected chi connectivity index (χ2v) is 7.58. The predicted molar refractivity (Wildman–Crippen MR) is 111 cm³/mol. The van der Waals surface area contributed by atoms with E-state index in [4.69, 9.17) is 0 Å². The van der Waals surface area contributed by atoms with Crippen molar-refractivity contribution in [1.82, 2.24) is 30.5 Å². The van der Waals surface area contributed by atoms with Crippen molar-refractivity contribution in [3.63, 3.8) is 0 Å². The van der Waals surface area contributed by atoms with Crippen molar-refractivity contribution < 1.29 is 4.79 Å². The molecule has 0 saturated heterocycles. The largest absolute Gasteiger partial charge is 0.363 e. The molecule has 4 rings (SSSR count). The van der Waals surface area contributed by atoms with E-state index in [1.54, 1.807) is 11.0 Å². The van der Waals surface area contributed by atoms with E-state index in [9.17, 15) is 4.79 Å². The van der Waals surface area contributed by atoms with E-state index in [0.29, 0.717) is 11.4 Å². The van der Waals surface area contributed by atoms with Crippen LogP contribution < -0.4 is 10.2 Å². The normalized spacial score (nSPS) is 19.0. The van der Waals surface area contributed by atoms with Crippen LogP contribution in [0.3, 0.4) is 0 Å². The molecule has 1 aliphatic carbocycles. The average Bonchev–Trinajstić information content (AvgIpc) is 3.25. The van der Waals surface area contributed by atoms with Crippen molar-refractivity contribution in [2.24, 2.45) is 0 Å². The molecule has 1 fully saturated rings. The Kier molecular flexibility index (Phi) is 5.50. The van der Waals surface area contributed by atoms with Crippen molar-refractivity contribution in [1.29, 1.82) is 0 Å². The summed E-state index contributed by atoms with van der Waals surface area (Å²) in [7, 11) is 3.85. The minimum Gasteiger partial charge on any atom is -0.363 e. The van der Waals surface area contributed by atoms with Gasteiger partial charge in [-0.05, 0) is 43.0 Å². The van der Waals surface area contributed by atoms with Gasteiger partial charge in [-0.2, -0.15) is 4.80 Å². The summed E-state index contributed by atoms with van der Waals surface area (Å²) in [6.45, 7) is 0. The third kappa shape index (κ3) is 4.42. The van der Waals surface area contributed by atoms with Gasteiger partial charge in [-0.3, -0.25) is 4.79 Å². The molecule has 1 amide bonds. The number of pyridine rings is 1. The molecule has 0 radical (unpaired) electrons. The Labute approximate surface area is 169 Å². The van der Waals surface area contributed by atoms with Crippen molar-refractivity contribution in [3.05, 3.63) is 54.2 Å². The molecular weight excluding hydrogens is 366 g/mol. The molecular formula is C21H25N7O. The van der Waals surface area contributed by atoms with Gasteiger partial charge in [-0.15, -0.1) is 10.2 Å². The average molecular weight is 391 g/mol. The third-order valence-electron chi connectivity index (χ3n) is 5.29. The highest BCUT2D eigenvalue weighted by molar-refractivity contribution is 5.94. The Morgan fingerprint density at radius 3 is 2.48 bits per heavy atom. The number of amides is 1. The zero-order valence-corrected chi connectivity index (χ0v) is 16.7. The fraction of sp³-hybridized carbons (Fsp3) is 0.381. The number of hydrogen-bond acceptors (Lipinski definition) is 6. The molecule has 0 spiro atoms. The quantitative estimate of drug-likeness (QED) is 0.719. The Morgan fingerprint density at radius 2 is 1.83 bits per heavy atom. The monoisotopic (exact) mass is 391 g/mol. The van der Waals surface area contributed by atoms with E-state index in [1.165, 1.54) is 0 Å². The van der Waals surface area contributed by atoms with Gasteiger partial charge in [0.2, 0.25) is 5.82 Å². The number of rotatable bonds is 5. The summed E-state index contributed by atoms with van der Waals surface area (Å²) in [5.74, 6) is 1.41. The number of anilines is 1. The summed E-state index contributed by atoms with van der Waals surface area (Å²) in [6, 6.07) is 13.9. The van der Waals surface area contributed by atoms with Crippen LogP contribution in [0.2, 0.25) is 0 Å². The molecule has 0 bridgehead atoms. The maximum atomic E-state index is 12.5. The Balaban J connectivity index is 1.31. The van der Waals surface area contributed by atoms with E-state index >= 15 is 0 Å². The molecule has 1 saturated carbocycles. The zero-order valence-electron chi connectivity index (χ0n) is 16.7. The second kappa shape index (κ2) is 8.38. The van der Waals surface area contributed by atoms with Crippen LogP contribution in [0, 0.1) is 0 Å². The number of nitrogens with one attached hydrogen (secondary N) is 1. The first-order valence-electron chi connectivity index (χ1n) is 9.89. The van der Waals surface area contributed by atoms with Gasteiger partial charge in [0.05, 0.1) is 11.6 Å². The van der Waals surface area contributed by atoms with E-state index < -0.39 is 0 Å². The smallest absolute Gasteiger partial charge is 0.253 e. The van der Waals surface area contributed by atoms with Crippen LogP contribution in [-0.4, -0.2) is 51.2 Å². The standard InChI is InChI=1S/C21H25N7O/c1-27(2)19-13-8-16(14-22-19)21(29)23-17-9-11-18(12-10-17)28-25-20(24-26-28)15-6-4-3-5-7-15/h3-8,13-14,17-18H,9-12H2,1-2H3,(H,23,29). The number of carbonyl (C=O) groups excluding carboxylic acids is 1. The van der Waals surface area contributed by atoms with Crippen LogP contribution in [0.4, 0.5) is 5.82 Å². The van der Waals surface area contributed by atoms with Gasteiger partial charge in [0.15, 0.2) is 0 Å². The van der Waals surface area contributed by atoms with Crippen molar-refractivity contribution in [2.75, 3.05) is 19.0 Å². The molecule has 0 atom stereocenters. The highest BCUT2D eigenvalue weighted by Gasteiger charge is 2.25. The number of hydrogen-bond donors (Lipinski definition) is 1. The predicted octanol–water partition coefficient (Wildman–Crippen LogP) is 2.71. The molecule has 150 valence electrons. The van der Waals surface area contributed by atoms with Crippen molar-refractivity contribution in [3.8, 4) is 11.4 Å². The minimum absolute atomic E-state index is 0.0727. The van der Waals surface area contributed by atoms with Crippen molar-refractivity contribution in [2.45, 2.75) is 37.8 Å². The number of tetrazole rings is 1. The zero-order chi connectivity index (χ0) is 20.2. The molecule has 1 N–H and O–H groups in total. The topological polar surface area (TPSA) is 88.8 Å². The highest BCUT2D eigenvalue weighted by atomic mass is 16.1. The minimum atomic E-state index is -0.0727. The lowest BCUT2D eigenvalue weighted by Gasteiger charge is -2.28. The Bertz CT molecular complexity index is 945. The fourth-order valence-electron chi connectivity index (χ4n) is 3.59. The lowest BCUT2D eigenvalue weighted by atomic mass is 9.91. The first kappa shape index (κ1) is 19.0. The van der Waals surface area contributed by atoms with Gasteiger partial charge < -0.3 is 10.2 Å². The van der Waals surface area contributed by atoms with Gasteiger partial charge in [0, 0.05) is 31.9 Å².